The number of rotatable bonds is 2. The number of hydrogen-bond donors (Lipinski definition) is 2. The van der Waals surface area contributed by atoms with Gasteiger partial charge in [0.05, 0.1) is 0 Å². The van der Waals surface area contributed by atoms with Crippen molar-refractivity contribution >= 4 is 0 Å². The minimum Gasteiger partial charge on any atom is -0.381 e. The highest BCUT2D eigenvalue weighted by Gasteiger charge is 2.29. The lowest BCUT2D eigenvalue weighted by molar-refractivity contribution is 0.0747. The Balaban J connectivity index is 1.72. The molecule has 0 saturated carbocycles. The maximum atomic E-state index is 6.18. The molecule has 0 aromatic heterocycles. The predicted molar refractivity (Wildman–Crippen MR) is 67.7 cm³/mol. The largest absolute Gasteiger partial charge is 0.381 e. The van der Waals surface area contributed by atoms with Crippen molar-refractivity contribution in [2.45, 2.75) is 37.4 Å². The van der Waals surface area contributed by atoms with Crippen LogP contribution in [0, 0.1) is 0 Å². The van der Waals surface area contributed by atoms with E-state index in [1.165, 1.54) is 11.1 Å². The van der Waals surface area contributed by atoms with Gasteiger partial charge in [-0.3, -0.25) is 0 Å². The Morgan fingerprint density at radius 3 is 2.59 bits per heavy atom. The molecule has 1 aromatic carbocycles. The second-order valence-electron chi connectivity index (χ2n) is 5.08. The molecule has 1 saturated heterocycles. The number of nitrogens with two attached hydrogens (primary N) is 1. The number of hydrogen-bond acceptors (Lipinski definition) is 3. The average molecular weight is 232 g/mol. The number of ether oxygens (including phenoxy) is 1. The standard InChI is InChI=1S/C14H20N2O/c15-13-9-14(12-4-2-1-3-11(12)13)16-10-5-7-17-8-6-10/h1-4,10,13-14,16H,5-9,15H2. The van der Waals surface area contributed by atoms with Crippen molar-refractivity contribution in [3.05, 3.63) is 35.4 Å². The SMILES string of the molecule is NC1CC(NC2CCOCC2)c2ccccc21. The molecule has 1 aliphatic carbocycles. The summed E-state index contributed by atoms with van der Waals surface area (Å²) in [7, 11) is 0. The van der Waals surface area contributed by atoms with Gasteiger partial charge in [-0.2, -0.15) is 0 Å². The molecule has 3 N–H and O–H groups in total. The molecule has 1 fully saturated rings. The minimum atomic E-state index is 0.198. The fraction of sp³-hybridized carbons (Fsp3) is 0.571. The quantitative estimate of drug-likeness (QED) is 0.818. The van der Waals surface area contributed by atoms with Gasteiger partial charge in [-0.15, -0.1) is 0 Å². The molecule has 1 aliphatic heterocycles. The highest BCUT2D eigenvalue weighted by Crippen LogP contribution is 2.37. The van der Waals surface area contributed by atoms with Gasteiger partial charge >= 0.3 is 0 Å². The van der Waals surface area contributed by atoms with E-state index in [0.717, 1.165) is 32.5 Å². The van der Waals surface area contributed by atoms with E-state index < -0.39 is 0 Å². The van der Waals surface area contributed by atoms with Crippen molar-refractivity contribution in [2.75, 3.05) is 13.2 Å². The fourth-order valence-corrected chi connectivity index (χ4v) is 2.98. The van der Waals surface area contributed by atoms with Gasteiger partial charge in [-0.25, -0.2) is 0 Å². The second-order valence-corrected chi connectivity index (χ2v) is 5.08. The minimum absolute atomic E-state index is 0.198. The van der Waals surface area contributed by atoms with E-state index in [1.54, 1.807) is 0 Å². The van der Waals surface area contributed by atoms with E-state index in [9.17, 15) is 0 Å². The van der Waals surface area contributed by atoms with Crippen molar-refractivity contribution in [3.8, 4) is 0 Å². The van der Waals surface area contributed by atoms with E-state index in [0.29, 0.717) is 12.1 Å². The lowest BCUT2D eigenvalue weighted by Gasteiger charge is -2.27. The summed E-state index contributed by atoms with van der Waals surface area (Å²) in [4.78, 5) is 0. The highest BCUT2D eigenvalue weighted by molar-refractivity contribution is 5.37. The fourth-order valence-electron chi connectivity index (χ4n) is 2.98. The van der Waals surface area contributed by atoms with E-state index in [4.69, 9.17) is 10.5 Å². The Morgan fingerprint density at radius 1 is 1.12 bits per heavy atom. The molecule has 17 heavy (non-hydrogen) atoms. The van der Waals surface area contributed by atoms with Gasteiger partial charge in [-0.1, -0.05) is 24.3 Å². The maximum absolute atomic E-state index is 6.18. The summed E-state index contributed by atoms with van der Waals surface area (Å²) in [6.07, 6.45) is 3.26. The topological polar surface area (TPSA) is 47.3 Å². The predicted octanol–water partition coefficient (Wildman–Crippen LogP) is 1.90. The molecule has 0 bridgehead atoms. The molecule has 3 rings (SSSR count). The van der Waals surface area contributed by atoms with Crippen molar-refractivity contribution in [1.82, 2.24) is 5.32 Å². The highest BCUT2D eigenvalue weighted by atomic mass is 16.5. The zero-order valence-electron chi connectivity index (χ0n) is 10.1. The van der Waals surface area contributed by atoms with E-state index in [2.05, 4.69) is 29.6 Å². The number of nitrogens with one attached hydrogen (secondary N) is 1. The number of benzene rings is 1. The van der Waals surface area contributed by atoms with E-state index in [-0.39, 0.29) is 6.04 Å². The first kappa shape index (κ1) is 11.2. The normalized spacial score (nSPS) is 29.2. The molecule has 2 unspecified atom stereocenters. The van der Waals surface area contributed by atoms with Crippen molar-refractivity contribution in [3.63, 3.8) is 0 Å². The van der Waals surface area contributed by atoms with Crippen LogP contribution in [0.5, 0.6) is 0 Å². The molecule has 1 aromatic rings. The Bertz CT molecular complexity index is 388. The Labute approximate surface area is 102 Å². The maximum Gasteiger partial charge on any atom is 0.0480 e. The third kappa shape index (κ3) is 2.23. The van der Waals surface area contributed by atoms with Crippen LogP contribution < -0.4 is 11.1 Å². The van der Waals surface area contributed by atoms with Crippen LogP contribution in [0.3, 0.4) is 0 Å². The van der Waals surface area contributed by atoms with Gasteiger partial charge in [0, 0.05) is 31.3 Å². The van der Waals surface area contributed by atoms with Crippen LogP contribution in [-0.4, -0.2) is 19.3 Å². The van der Waals surface area contributed by atoms with E-state index >= 15 is 0 Å². The lowest BCUT2D eigenvalue weighted by Crippen LogP contribution is -2.36. The molecule has 92 valence electrons. The molecule has 2 atom stereocenters. The van der Waals surface area contributed by atoms with Crippen molar-refractivity contribution in [1.29, 1.82) is 0 Å². The van der Waals surface area contributed by atoms with Crippen LogP contribution in [0.2, 0.25) is 0 Å². The molecule has 3 nitrogen and oxygen atoms in total. The summed E-state index contributed by atoms with van der Waals surface area (Å²) in [5, 5.41) is 3.74. The van der Waals surface area contributed by atoms with E-state index in [1.807, 2.05) is 0 Å². The van der Waals surface area contributed by atoms with Gasteiger partial charge < -0.3 is 15.8 Å². The van der Waals surface area contributed by atoms with Gasteiger partial charge in [0.25, 0.3) is 0 Å². The summed E-state index contributed by atoms with van der Waals surface area (Å²) in [5.41, 5.74) is 8.89. The average Bonchev–Trinajstić information content (AvgIpc) is 2.69. The Hall–Kier alpha value is -0.900. The third-order valence-electron chi connectivity index (χ3n) is 3.92. The van der Waals surface area contributed by atoms with Crippen LogP contribution >= 0.6 is 0 Å². The van der Waals surface area contributed by atoms with Crippen molar-refractivity contribution in [2.24, 2.45) is 5.73 Å². The van der Waals surface area contributed by atoms with Crippen molar-refractivity contribution < 1.29 is 4.74 Å². The van der Waals surface area contributed by atoms with Crippen LogP contribution in [0.25, 0.3) is 0 Å². The summed E-state index contributed by atoms with van der Waals surface area (Å²) >= 11 is 0. The molecule has 3 heteroatoms. The van der Waals surface area contributed by atoms with Crippen LogP contribution in [0.1, 0.15) is 42.5 Å². The van der Waals surface area contributed by atoms with Gasteiger partial charge in [0.2, 0.25) is 0 Å². The molecular formula is C14H20N2O. The summed E-state index contributed by atoms with van der Waals surface area (Å²) in [6.45, 7) is 1.77. The summed E-state index contributed by atoms with van der Waals surface area (Å²) < 4.78 is 5.39. The third-order valence-corrected chi connectivity index (χ3v) is 3.92. The first-order valence-corrected chi connectivity index (χ1v) is 6.53. The molecule has 0 spiro atoms. The molecular weight excluding hydrogens is 212 g/mol. The van der Waals surface area contributed by atoms with Gasteiger partial charge in [-0.05, 0) is 30.4 Å². The second kappa shape index (κ2) is 4.77. The van der Waals surface area contributed by atoms with Crippen LogP contribution in [0.15, 0.2) is 24.3 Å². The van der Waals surface area contributed by atoms with Crippen LogP contribution in [0.4, 0.5) is 0 Å². The molecule has 2 aliphatic rings. The van der Waals surface area contributed by atoms with Gasteiger partial charge in [0.15, 0.2) is 0 Å². The summed E-state index contributed by atoms with van der Waals surface area (Å²) in [6, 6.07) is 9.77. The monoisotopic (exact) mass is 232 g/mol. The first-order chi connectivity index (χ1) is 8.34. The smallest absolute Gasteiger partial charge is 0.0480 e. The molecule has 0 amide bonds. The zero-order valence-corrected chi connectivity index (χ0v) is 10.1. The lowest BCUT2D eigenvalue weighted by atomic mass is 10.0. The first-order valence-electron chi connectivity index (χ1n) is 6.53. The molecule has 1 heterocycles. The van der Waals surface area contributed by atoms with Crippen LogP contribution in [-0.2, 0) is 4.74 Å². The number of fused-ring (bicyclic) bond motifs is 1. The van der Waals surface area contributed by atoms with Gasteiger partial charge in [0.1, 0.15) is 0 Å². The zero-order chi connectivity index (χ0) is 11.7. The summed E-state index contributed by atoms with van der Waals surface area (Å²) in [5.74, 6) is 0. The Kier molecular flexibility index (Phi) is 3.14. The molecule has 0 radical (unpaired) electrons. The Morgan fingerprint density at radius 2 is 1.82 bits per heavy atom.